The van der Waals surface area contributed by atoms with E-state index >= 15 is 0 Å². The highest BCUT2D eigenvalue weighted by Gasteiger charge is 2.25. The Balaban J connectivity index is 1.76. The maximum Gasteiger partial charge on any atom is 0.131 e. The van der Waals surface area contributed by atoms with E-state index in [2.05, 4.69) is 74.5 Å². The predicted molar refractivity (Wildman–Crippen MR) is 92.1 cm³/mol. The summed E-state index contributed by atoms with van der Waals surface area (Å²) in [6.07, 6.45) is 7.90. The Morgan fingerprint density at radius 3 is 2.59 bits per heavy atom. The molecular weight excluding hydrogens is 268 g/mol. The number of allylic oxidation sites excluding steroid dienone is 4. The van der Waals surface area contributed by atoms with Gasteiger partial charge in [-0.1, -0.05) is 56.3 Å². The zero-order chi connectivity index (χ0) is 15.1. The molecule has 0 radical (unpaired) electrons. The molecule has 0 amide bonds. The Labute approximate surface area is 131 Å². The highest BCUT2D eigenvalue weighted by molar-refractivity contribution is 5.85. The fraction of sp³-hybridized carbons (Fsp3) is 0.238. The second-order valence-electron chi connectivity index (χ2n) is 6.39. The number of benzene rings is 2. The van der Waals surface area contributed by atoms with Crippen molar-refractivity contribution in [3.05, 3.63) is 77.6 Å². The SMILES string of the molecule is CC1C=C2C(=CC1)OC(c1ccc3ccccc3c1)=CC2C. The van der Waals surface area contributed by atoms with Crippen molar-refractivity contribution in [3.8, 4) is 0 Å². The normalized spacial score (nSPS) is 24.0. The molecule has 0 bridgehead atoms. The Hall–Kier alpha value is -2.28. The van der Waals surface area contributed by atoms with Crippen LogP contribution in [0.25, 0.3) is 16.5 Å². The number of hydrogen-bond donors (Lipinski definition) is 0. The number of fused-ring (bicyclic) bond motifs is 2. The van der Waals surface area contributed by atoms with Crippen LogP contribution in [-0.2, 0) is 4.74 Å². The highest BCUT2D eigenvalue weighted by Crippen LogP contribution is 2.38. The lowest BCUT2D eigenvalue weighted by Crippen LogP contribution is -2.14. The number of ether oxygens (including phenoxy) is 1. The van der Waals surface area contributed by atoms with Gasteiger partial charge in [-0.25, -0.2) is 0 Å². The summed E-state index contributed by atoms with van der Waals surface area (Å²) in [6.45, 7) is 4.51. The molecule has 22 heavy (non-hydrogen) atoms. The minimum absolute atomic E-state index is 0.407. The molecule has 1 aliphatic carbocycles. The van der Waals surface area contributed by atoms with Crippen molar-refractivity contribution in [3.63, 3.8) is 0 Å². The molecule has 0 N–H and O–H groups in total. The van der Waals surface area contributed by atoms with Crippen molar-refractivity contribution in [2.24, 2.45) is 11.8 Å². The van der Waals surface area contributed by atoms with E-state index in [9.17, 15) is 0 Å². The average molecular weight is 288 g/mol. The molecule has 1 heteroatoms. The van der Waals surface area contributed by atoms with Crippen molar-refractivity contribution in [2.45, 2.75) is 20.3 Å². The summed E-state index contributed by atoms with van der Waals surface area (Å²) in [5.74, 6) is 3.05. The summed E-state index contributed by atoms with van der Waals surface area (Å²) in [4.78, 5) is 0. The van der Waals surface area contributed by atoms with E-state index in [1.165, 1.54) is 16.3 Å². The smallest absolute Gasteiger partial charge is 0.131 e. The molecule has 110 valence electrons. The third-order valence-corrected chi connectivity index (χ3v) is 4.57. The molecular formula is C21H20O. The Kier molecular flexibility index (Phi) is 3.15. The van der Waals surface area contributed by atoms with Crippen molar-refractivity contribution in [2.75, 3.05) is 0 Å². The van der Waals surface area contributed by atoms with Crippen LogP contribution >= 0.6 is 0 Å². The van der Waals surface area contributed by atoms with E-state index in [1.54, 1.807) is 0 Å². The summed E-state index contributed by atoms with van der Waals surface area (Å²) in [5, 5.41) is 2.52. The van der Waals surface area contributed by atoms with Gasteiger partial charge in [0.15, 0.2) is 0 Å². The Bertz CT molecular complexity index is 823. The lowest BCUT2D eigenvalue weighted by Gasteiger charge is -2.29. The van der Waals surface area contributed by atoms with E-state index in [1.807, 2.05) is 0 Å². The molecule has 1 nitrogen and oxygen atoms in total. The quantitative estimate of drug-likeness (QED) is 0.654. The zero-order valence-electron chi connectivity index (χ0n) is 13.0. The molecule has 2 aromatic rings. The summed E-state index contributed by atoms with van der Waals surface area (Å²) in [7, 11) is 0. The fourth-order valence-electron chi connectivity index (χ4n) is 3.31. The van der Waals surface area contributed by atoms with Crippen molar-refractivity contribution < 1.29 is 4.74 Å². The van der Waals surface area contributed by atoms with Crippen LogP contribution in [0.3, 0.4) is 0 Å². The molecule has 2 aliphatic rings. The van der Waals surface area contributed by atoms with Gasteiger partial charge in [0.2, 0.25) is 0 Å². The second kappa shape index (κ2) is 5.17. The lowest BCUT2D eigenvalue weighted by molar-refractivity contribution is 0.359. The van der Waals surface area contributed by atoms with Crippen molar-refractivity contribution in [1.82, 2.24) is 0 Å². The van der Waals surface area contributed by atoms with Gasteiger partial charge in [-0.15, -0.1) is 0 Å². The summed E-state index contributed by atoms with van der Waals surface area (Å²) in [5.41, 5.74) is 2.49. The van der Waals surface area contributed by atoms with Gasteiger partial charge in [-0.2, -0.15) is 0 Å². The van der Waals surface area contributed by atoms with Crippen LogP contribution < -0.4 is 0 Å². The molecule has 0 saturated carbocycles. The van der Waals surface area contributed by atoms with Crippen LogP contribution in [0.2, 0.25) is 0 Å². The monoisotopic (exact) mass is 288 g/mol. The molecule has 0 aromatic heterocycles. The maximum atomic E-state index is 6.20. The van der Waals surface area contributed by atoms with Gasteiger partial charge in [-0.3, -0.25) is 0 Å². The Morgan fingerprint density at radius 1 is 0.909 bits per heavy atom. The van der Waals surface area contributed by atoms with Crippen LogP contribution in [0, 0.1) is 11.8 Å². The first-order valence-corrected chi connectivity index (χ1v) is 8.02. The van der Waals surface area contributed by atoms with Crippen LogP contribution in [0.1, 0.15) is 25.8 Å². The van der Waals surface area contributed by atoms with Gasteiger partial charge >= 0.3 is 0 Å². The third-order valence-electron chi connectivity index (χ3n) is 4.57. The van der Waals surface area contributed by atoms with E-state index in [4.69, 9.17) is 4.74 Å². The molecule has 1 aliphatic heterocycles. The Morgan fingerprint density at radius 2 is 1.73 bits per heavy atom. The first-order chi connectivity index (χ1) is 10.7. The maximum absolute atomic E-state index is 6.20. The van der Waals surface area contributed by atoms with Gasteiger partial charge in [0.05, 0.1) is 0 Å². The van der Waals surface area contributed by atoms with Gasteiger partial charge in [-0.05, 0) is 46.9 Å². The van der Waals surface area contributed by atoms with Crippen LogP contribution in [0.5, 0.6) is 0 Å². The molecule has 2 aromatic carbocycles. The molecule has 2 atom stereocenters. The summed E-state index contributed by atoms with van der Waals surface area (Å²) >= 11 is 0. The first-order valence-electron chi connectivity index (χ1n) is 8.02. The average Bonchev–Trinajstić information content (AvgIpc) is 2.55. The van der Waals surface area contributed by atoms with Gasteiger partial charge in [0, 0.05) is 11.5 Å². The van der Waals surface area contributed by atoms with E-state index in [-0.39, 0.29) is 0 Å². The van der Waals surface area contributed by atoms with E-state index < -0.39 is 0 Å². The highest BCUT2D eigenvalue weighted by atomic mass is 16.5. The largest absolute Gasteiger partial charge is 0.457 e. The fourth-order valence-corrected chi connectivity index (χ4v) is 3.31. The molecule has 4 rings (SSSR count). The van der Waals surface area contributed by atoms with Gasteiger partial charge in [0.25, 0.3) is 0 Å². The first kappa shape index (κ1) is 13.4. The minimum atomic E-state index is 0.407. The van der Waals surface area contributed by atoms with Crippen molar-refractivity contribution >= 4 is 16.5 Å². The van der Waals surface area contributed by atoms with Gasteiger partial charge < -0.3 is 4.74 Å². The van der Waals surface area contributed by atoms with Crippen LogP contribution in [-0.4, -0.2) is 0 Å². The topological polar surface area (TPSA) is 9.23 Å². The number of hydrogen-bond acceptors (Lipinski definition) is 1. The van der Waals surface area contributed by atoms with Crippen LogP contribution in [0.4, 0.5) is 0 Å². The summed E-state index contributed by atoms with van der Waals surface area (Å²) in [6, 6.07) is 15.0. The molecule has 1 heterocycles. The molecule has 2 unspecified atom stereocenters. The summed E-state index contributed by atoms with van der Waals surface area (Å²) < 4.78 is 6.20. The zero-order valence-corrected chi connectivity index (χ0v) is 13.0. The second-order valence-corrected chi connectivity index (χ2v) is 6.39. The standard InChI is InChI=1S/C21H20O/c1-14-7-10-20-19(11-14)15(2)12-21(22-20)18-9-8-16-5-3-4-6-17(16)13-18/h3-6,8-15H,7H2,1-2H3. The predicted octanol–water partition coefficient (Wildman–Crippen LogP) is 5.70. The minimum Gasteiger partial charge on any atom is -0.457 e. The molecule has 0 spiro atoms. The molecule has 0 saturated heterocycles. The van der Waals surface area contributed by atoms with E-state index in [0.29, 0.717) is 11.8 Å². The van der Waals surface area contributed by atoms with Crippen LogP contribution in [0.15, 0.2) is 72.0 Å². The molecule has 0 fully saturated rings. The lowest BCUT2D eigenvalue weighted by atomic mass is 9.87. The van der Waals surface area contributed by atoms with Gasteiger partial charge in [0.1, 0.15) is 11.5 Å². The third kappa shape index (κ3) is 2.27. The van der Waals surface area contributed by atoms with E-state index in [0.717, 1.165) is 23.5 Å². The number of rotatable bonds is 1. The van der Waals surface area contributed by atoms with Crippen molar-refractivity contribution in [1.29, 1.82) is 0 Å².